The van der Waals surface area contributed by atoms with E-state index in [9.17, 15) is 9.59 Å². The lowest BCUT2D eigenvalue weighted by Gasteiger charge is -2.38. The Kier molecular flexibility index (Phi) is 10.6. The molecule has 0 aromatic rings. The quantitative estimate of drug-likeness (QED) is 0.518. The molecule has 0 aromatic heterocycles. The summed E-state index contributed by atoms with van der Waals surface area (Å²) in [5, 5.41) is 0. The lowest BCUT2D eigenvalue weighted by atomic mass is 9.82. The molecule has 4 atom stereocenters. The Hall–Kier alpha value is -0.900. The van der Waals surface area contributed by atoms with Gasteiger partial charge in [0.1, 0.15) is 0 Å². The predicted molar refractivity (Wildman–Crippen MR) is 114 cm³/mol. The minimum Gasteiger partial charge on any atom is -0.339 e. The van der Waals surface area contributed by atoms with Gasteiger partial charge < -0.3 is 4.90 Å². The zero-order valence-corrected chi connectivity index (χ0v) is 19.0. The van der Waals surface area contributed by atoms with Crippen LogP contribution in [0.2, 0.25) is 0 Å². The second-order valence-electron chi connectivity index (χ2n) is 8.91. The molecule has 0 saturated carbocycles. The molecule has 0 aromatic carbocycles. The number of carbonyl (C=O) groups is 2. The van der Waals surface area contributed by atoms with Gasteiger partial charge in [-0.25, -0.2) is 0 Å². The molecular formula is C23H44N2O2. The highest BCUT2D eigenvalue weighted by Gasteiger charge is 2.36. The van der Waals surface area contributed by atoms with Crippen LogP contribution < -0.4 is 0 Å². The van der Waals surface area contributed by atoms with E-state index >= 15 is 0 Å². The van der Waals surface area contributed by atoms with Crippen molar-refractivity contribution < 1.29 is 9.59 Å². The first-order valence-corrected chi connectivity index (χ1v) is 11.3. The fourth-order valence-corrected chi connectivity index (χ4v) is 4.60. The normalized spacial score (nSPS) is 21.7. The van der Waals surface area contributed by atoms with Crippen molar-refractivity contribution in [1.29, 1.82) is 0 Å². The molecule has 1 heterocycles. The van der Waals surface area contributed by atoms with Crippen molar-refractivity contribution in [2.45, 2.75) is 98.6 Å². The van der Waals surface area contributed by atoms with Crippen molar-refractivity contribution in [1.82, 2.24) is 9.80 Å². The summed E-state index contributed by atoms with van der Waals surface area (Å²) >= 11 is 0. The molecule has 158 valence electrons. The first kappa shape index (κ1) is 24.1. The second-order valence-corrected chi connectivity index (χ2v) is 8.91. The topological polar surface area (TPSA) is 40.6 Å². The van der Waals surface area contributed by atoms with E-state index in [4.69, 9.17) is 0 Å². The van der Waals surface area contributed by atoms with Crippen LogP contribution in [0.4, 0.5) is 0 Å². The molecule has 0 spiro atoms. The number of likely N-dealkylation sites (tertiary alicyclic amines) is 1. The van der Waals surface area contributed by atoms with E-state index in [1.165, 1.54) is 6.42 Å². The van der Waals surface area contributed by atoms with Gasteiger partial charge in [-0.2, -0.15) is 0 Å². The van der Waals surface area contributed by atoms with Gasteiger partial charge in [-0.3, -0.25) is 14.5 Å². The van der Waals surface area contributed by atoms with Gasteiger partial charge in [0, 0.05) is 24.9 Å². The lowest BCUT2D eigenvalue weighted by Crippen LogP contribution is -2.49. The van der Waals surface area contributed by atoms with Gasteiger partial charge in [0.25, 0.3) is 0 Å². The summed E-state index contributed by atoms with van der Waals surface area (Å²) in [6.45, 7) is 14.8. The van der Waals surface area contributed by atoms with Gasteiger partial charge in [0.05, 0.1) is 6.04 Å². The zero-order valence-electron chi connectivity index (χ0n) is 19.0. The van der Waals surface area contributed by atoms with E-state index in [1.54, 1.807) is 0 Å². The average Bonchev–Trinajstić information content (AvgIpc) is 2.64. The SMILES string of the molecule is CCCN(C(=O)[C@H](CC(=O)[C@@H]1CCCCN1C)[C@@H](C)CC)[C@H](CC)C(C)C. The van der Waals surface area contributed by atoms with Crippen LogP contribution in [0.3, 0.4) is 0 Å². The number of ketones is 1. The minimum absolute atomic E-state index is 0.00445. The molecule has 1 aliphatic rings. The highest BCUT2D eigenvalue weighted by atomic mass is 16.2. The van der Waals surface area contributed by atoms with Crippen LogP contribution in [0.15, 0.2) is 0 Å². The van der Waals surface area contributed by atoms with Crippen LogP contribution in [0.5, 0.6) is 0 Å². The van der Waals surface area contributed by atoms with E-state index in [1.807, 2.05) is 0 Å². The average molecular weight is 381 g/mol. The van der Waals surface area contributed by atoms with Gasteiger partial charge in [-0.05, 0) is 51.1 Å². The van der Waals surface area contributed by atoms with Gasteiger partial charge >= 0.3 is 0 Å². The van der Waals surface area contributed by atoms with Crippen LogP contribution in [-0.2, 0) is 9.59 Å². The Labute approximate surface area is 168 Å². The number of piperidine rings is 1. The Balaban J connectivity index is 3.01. The number of Topliss-reactive ketones (excluding diaryl/α,β-unsaturated/α-hetero) is 1. The molecule has 1 saturated heterocycles. The maximum atomic E-state index is 13.6. The Bertz CT molecular complexity index is 463. The summed E-state index contributed by atoms with van der Waals surface area (Å²) in [4.78, 5) is 31.0. The van der Waals surface area contributed by atoms with Crippen LogP contribution in [-0.4, -0.2) is 53.7 Å². The Morgan fingerprint density at radius 2 is 1.74 bits per heavy atom. The van der Waals surface area contributed by atoms with E-state index in [2.05, 4.69) is 58.4 Å². The highest BCUT2D eigenvalue weighted by Crippen LogP contribution is 2.28. The zero-order chi connectivity index (χ0) is 20.6. The fraction of sp³-hybridized carbons (Fsp3) is 0.913. The molecule has 1 aliphatic heterocycles. The minimum atomic E-state index is -0.183. The fourth-order valence-electron chi connectivity index (χ4n) is 4.60. The molecule has 1 fully saturated rings. The molecule has 1 amide bonds. The largest absolute Gasteiger partial charge is 0.339 e. The van der Waals surface area contributed by atoms with Crippen molar-refractivity contribution >= 4 is 11.7 Å². The Morgan fingerprint density at radius 3 is 2.22 bits per heavy atom. The van der Waals surface area contributed by atoms with Crippen molar-refractivity contribution in [2.75, 3.05) is 20.1 Å². The van der Waals surface area contributed by atoms with E-state index in [0.29, 0.717) is 12.3 Å². The van der Waals surface area contributed by atoms with Crippen molar-refractivity contribution in [2.24, 2.45) is 17.8 Å². The van der Waals surface area contributed by atoms with E-state index in [-0.39, 0.29) is 35.6 Å². The van der Waals surface area contributed by atoms with Gasteiger partial charge in [-0.15, -0.1) is 0 Å². The van der Waals surface area contributed by atoms with Gasteiger partial charge in [0.15, 0.2) is 5.78 Å². The first-order chi connectivity index (χ1) is 12.8. The van der Waals surface area contributed by atoms with E-state index in [0.717, 1.165) is 45.2 Å². The van der Waals surface area contributed by atoms with E-state index < -0.39 is 0 Å². The number of rotatable bonds is 11. The lowest BCUT2D eigenvalue weighted by molar-refractivity contribution is -0.144. The maximum Gasteiger partial charge on any atom is 0.226 e. The third-order valence-corrected chi connectivity index (χ3v) is 6.55. The van der Waals surface area contributed by atoms with Crippen LogP contribution in [0.25, 0.3) is 0 Å². The number of amides is 1. The second kappa shape index (κ2) is 11.8. The third-order valence-electron chi connectivity index (χ3n) is 6.55. The van der Waals surface area contributed by atoms with Crippen molar-refractivity contribution in [3.8, 4) is 0 Å². The molecule has 1 rings (SSSR count). The summed E-state index contributed by atoms with van der Waals surface area (Å²) in [6.07, 6.45) is 6.50. The van der Waals surface area contributed by atoms with Crippen LogP contribution in [0.1, 0.15) is 86.5 Å². The molecule has 0 radical (unpaired) electrons. The number of carbonyl (C=O) groups excluding carboxylic acids is 2. The van der Waals surface area contributed by atoms with Gasteiger partial charge in [-0.1, -0.05) is 54.4 Å². The molecule has 0 N–H and O–H groups in total. The molecule has 0 aliphatic carbocycles. The number of likely N-dealkylation sites (N-methyl/N-ethyl adjacent to an activating group) is 1. The molecule has 4 heteroatoms. The van der Waals surface area contributed by atoms with Crippen molar-refractivity contribution in [3.05, 3.63) is 0 Å². The third kappa shape index (κ3) is 6.58. The van der Waals surface area contributed by atoms with Gasteiger partial charge in [0.2, 0.25) is 5.91 Å². The highest BCUT2D eigenvalue weighted by molar-refractivity contribution is 5.90. The number of nitrogens with zero attached hydrogens (tertiary/aromatic N) is 2. The van der Waals surface area contributed by atoms with Crippen LogP contribution in [0, 0.1) is 17.8 Å². The summed E-state index contributed by atoms with van der Waals surface area (Å²) < 4.78 is 0. The monoisotopic (exact) mass is 380 g/mol. The maximum absolute atomic E-state index is 13.6. The molecule has 0 unspecified atom stereocenters. The first-order valence-electron chi connectivity index (χ1n) is 11.3. The summed E-state index contributed by atoms with van der Waals surface area (Å²) in [7, 11) is 2.05. The standard InChI is InChI=1S/C23H44N2O2/c1-8-14-25(20(10-3)17(4)5)23(27)19(18(6)9-2)16-22(26)21-13-11-12-15-24(21)7/h17-21H,8-16H2,1-7H3/t18-,19+,20+,21-/m0/s1. The smallest absolute Gasteiger partial charge is 0.226 e. The Morgan fingerprint density at radius 1 is 1.07 bits per heavy atom. The number of hydrogen-bond acceptors (Lipinski definition) is 3. The number of hydrogen-bond donors (Lipinski definition) is 0. The predicted octanol–water partition coefficient (Wildman–Crippen LogP) is 4.77. The molecular weight excluding hydrogens is 336 g/mol. The molecule has 4 nitrogen and oxygen atoms in total. The molecule has 0 bridgehead atoms. The summed E-state index contributed by atoms with van der Waals surface area (Å²) in [5.41, 5.74) is 0. The summed E-state index contributed by atoms with van der Waals surface area (Å²) in [6, 6.07) is 0.265. The van der Waals surface area contributed by atoms with Crippen molar-refractivity contribution in [3.63, 3.8) is 0 Å². The summed E-state index contributed by atoms with van der Waals surface area (Å²) in [5.74, 6) is 0.961. The van der Waals surface area contributed by atoms with Crippen LogP contribution >= 0.6 is 0 Å². The molecule has 27 heavy (non-hydrogen) atoms.